The van der Waals surface area contributed by atoms with E-state index in [9.17, 15) is 13.2 Å². The van der Waals surface area contributed by atoms with Crippen molar-refractivity contribution in [2.45, 2.75) is 38.5 Å². The number of hydrogen-bond acceptors (Lipinski definition) is 2. The van der Waals surface area contributed by atoms with Crippen LogP contribution in [0.5, 0.6) is 0 Å². The molecule has 0 aliphatic heterocycles. The van der Waals surface area contributed by atoms with E-state index >= 15 is 0 Å². The molecular formula is C16H18F3NO. The second-order valence-corrected chi connectivity index (χ2v) is 5.10. The van der Waals surface area contributed by atoms with Gasteiger partial charge in [0.25, 0.3) is 0 Å². The van der Waals surface area contributed by atoms with Gasteiger partial charge in [-0.15, -0.1) is 0 Å². The fraction of sp³-hybridized carbons (Fsp3) is 0.375. The van der Waals surface area contributed by atoms with Gasteiger partial charge in [-0.25, -0.2) is 0 Å². The third-order valence-electron chi connectivity index (χ3n) is 3.31. The number of halogens is 3. The lowest BCUT2D eigenvalue weighted by Gasteiger charge is -2.14. The van der Waals surface area contributed by atoms with E-state index in [4.69, 9.17) is 4.42 Å². The van der Waals surface area contributed by atoms with Crippen LogP contribution in [0.2, 0.25) is 0 Å². The van der Waals surface area contributed by atoms with Crippen molar-refractivity contribution >= 4 is 0 Å². The highest BCUT2D eigenvalue weighted by atomic mass is 19.4. The van der Waals surface area contributed by atoms with Crippen LogP contribution in [0.1, 0.15) is 30.2 Å². The van der Waals surface area contributed by atoms with Crippen LogP contribution < -0.4 is 5.32 Å². The number of benzene rings is 1. The zero-order valence-corrected chi connectivity index (χ0v) is 11.8. The molecule has 0 fully saturated rings. The first kappa shape index (κ1) is 15.6. The summed E-state index contributed by atoms with van der Waals surface area (Å²) in [6, 6.07) is 9.37. The van der Waals surface area contributed by atoms with Gasteiger partial charge in [0.15, 0.2) is 0 Å². The highest BCUT2D eigenvalue weighted by Gasteiger charge is 2.30. The molecule has 0 aliphatic carbocycles. The van der Waals surface area contributed by atoms with E-state index in [1.807, 2.05) is 19.1 Å². The van der Waals surface area contributed by atoms with E-state index in [1.54, 1.807) is 12.3 Å². The molecule has 0 aliphatic rings. The Balaban J connectivity index is 1.82. The topological polar surface area (TPSA) is 25.2 Å². The summed E-state index contributed by atoms with van der Waals surface area (Å²) in [6.45, 7) is 2.43. The minimum Gasteiger partial charge on any atom is -0.469 e. The largest absolute Gasteiger partial charge is 0.469 e. The molecule has 1 N–H and O–H groups in total. The van der Waals surface area contributed by atoms with Crippen LogP contribution in [0, 0.1) is 0 Å². The highest BCUT2D eigenvalue weighted by molar-refractivity contribution is 5.25. The van der Waals surface area contributed by atoms with Crippen molar-refractivity contribution in [3.05, 3.63) is 59.5 Å². The van der Waals surface area contributed by atoms with Crippen molar-refractivity contribution in [3.63, 3.8) is 0 Å². The van der Waals surface area contributed by atoms with Gasteiger partial charge >= 0.3 is 6.18 Å². The van der Waals surface area contributed by atoms with Crippen LogP contribution in [-0.4, -0.2) is 6.04 Å². The Morgan fingerprint density at radius 3 is 2.67 bits per heavy atom. The molecule has 2 rings (SSSR count). The molecule has 1 aromatic carbocycles. The van der Waals surface area contributed by atoms with E-state index in [-0.39, 0.29) is 6.04 Å². The predicted octanol–water partition coefficient (Wildman–Crippen LogP) is 4.41. The number of alkyl halides is 3. The first-order chi connectivity index (χ1) is 9.95. The summed E-state index contributed by atoms with van der Waals surface area (Å²) in [5.74, 6) is 0.919. The van der Waals surface area contributed by atoms with Gasteiger partial charge in [0.1, 0.15) is 5.76 Å². The third kappa shape index (κ3) is 4.93. The van der Waals surface area contributed by atoms with Crippen molar-refractivity contribution in [2.75, 3.05) is 0 Å². The van der Waals surface area contributed by atoms with Gasteiger partial charge < -0.3 is 9.73 Å². The lowest BCUT2D eigenvalue weighted by atomic mass is 10.1. The fourth-order valence-electron chi connectivity index (χ4n) is 2.07. The minimum atomic E-state index is -4.29. The Morgan fingerprint density at radius 1 is 1.19 bits per heavy atom. The number of aryl methyl sites for hydroxylation is 1. The Morgan fingerprint density at radius 2 is 2.00 bits per heavy atom. The lowest BCUT2D eigenvalue weighted by Crippen LogP contribution is -2.26. The maximum atomic E-state index is 12.6. The molecule has 0 spiro atoms. The minimum absolute atomic E-state index is 0.199. The van der Waals surface area contributed by atoms with Gasteiger partial charge in [-0.05, 0) is 37.1 Å². The summed E-state index contributed by atoms with van der Waals surface area (Å²) in [4.78, 5) is 0. The summed E-state index contributed by atoms with van der Waals surface area (Å²) >= 11 is 0. The number of nitrogens with one attached hydrogen (secondary N) is 1. The van der Waals surface area contributed by atoms with Crippen LogP contribution >= 0.6 is 0 Å². The van der Waals surface area contributed by atoms with Crippen LogP contribution in [0.3, 0.4) is 0 Å². The Kier molecular flexibility index (Phi) is 5.07. The third-order valence-corrected chi connectivity index (χ3v) is 3.31. The molecule has 5 heteroatoms. The van der Waals surface area contributed by atoms with Crippen LogP contribution in [-0.2, 0) is 19.1 Å². The fourth-order valence-corrected chi connectivity index (χ4v) is 2.07. The normalized spacial score (nSPS) is 13.3. The van der Waals surface area contributed by atoms with Crippen LogP contribution in [0.15, 0.2) is 47.1 Å². The molecule has 0 amide bonds. The molecule has 114 valence electrons. The second kappa shape index (κ2) is 6.80. The Bertz CT molecular complexity index is 549. The molecule has 0 saturated carbocycles. The highest BCUT2D eigenvalue weighted by Crippen LogP contribution is 2.29. The van der Waals surface area contributed by atoms with Gasteiger partial charge in [0, 0.05) is 19.0 Å². The average Bonchev–Trinajstić information content (AvgIpc) is 2.95. The van der Waals surface area contributed by atoms with Crippen molar-refractivity contribution < 1.29 is 17.6 Å². The smallest absolute Gasteiger partial charge is 0.416 e. The summed E-state index contributed by atoms with van der Waals surface area (Å²) in [5, 5.41) is 3.23. The number of furan rings is 1. The maximum Gasteiger partial charge on any atom is 0.416 e. The monoisotopic (exact) mass is 297 g/mol. The first-order valence-electron chi connectivity index (χ1n) is 6.87. The van der Waals surface area contributed by atoms with Gasteiger partial charge in [0.2, 0.25) is 0 Å². The molecule has 1 unspecified atom stereocenters. The number of rotatable bonds is 6. The summed E-state index contributed by atoms with van der Waals surface area (Å²) in [7, 11) is 0. The zero-order valence-electron chi connectivity index (χ0n) is 11.8. The predicted molar refractivity (Wildman–Crippen MR) is 74.8 cm³/mol. The van der Waals surface area contributed by atoms with E-state index in [0.717, 1.165) is 24.7 Å². The molecule has 0 saturated heterocycles. The summed E-state index contributed by atoms with van der Waals surface area (Å²) in [6.07, 6.45) is -0.979. The van der Waals surface area contributed by atoms with Gasteiger partial charge in [0.05, 0.1) is 11.8 Å². The second-order valence-electron chi connectivity index (χ2n) is 5.10. The standard InChI is InChI=1S/C16H18F3NO/c1-12(7-8-15-6-3-9-21-15)20-11-13-4-2-5-14(10-13)16(17,18)19/h2-6,9-10,12,20H,7-8,11H2,1H3. The molecule has 0 bridgehead atoms. The van der Waals surface area contributed by atoms with Gasteiger partial charge in [-0.3, -0.25) is 0 Å². The molecule has 1 heterocycles. The van der Waals surface area contributed by atoms with E-state index < -0.39 is 11.7 Å². The summed E-state index contributed by atoms with van der Waals surface area (Å²) in [5.41, 5.74) is 0.0275. The van der Waals surface area contributed by atoms with Crippen molar-refractivity contribution in [1.29, 1.82) is 0 Å². The molecular weight excluding hydrogens is 279 g/mol. The maximum absolute atomic E-state index is 12.6. The molecule has 2 aromatic rings. The van der Waals surface area contributed by atoms with E-state index in [0.29, 0.717) is 12.1 Å². The average molecular weight is 297 g/mol. The molecule has 0 radical (unpaired) electrons. The van der Waals surface area contributed by atoms with E-state index in [1.165, 1.54) is 12.1 Å². The first-order valence-corrected chi connectivity index (χ1v) is 6.87. The SMILES string of the molecule is CC(CCc1ccco1)NCc1cccc(C(F)(F)F)c1. The van der Waals surface area contributed by atoms with E-state index in [2.05, 4.69) is 5.32 Å². The molecule has 2 nitrogen and oxygen atoms in total. The van der Waals surface area contributed by atoms with Crippen LogP contribution in [0.4, 0.5) is 13.2 Å². The van der Waals surface area contributed by atoms with Gasteiger partial charge in [-0.1, -0.05) is 18.2 Å². The van der Waals surface area contributed by atoms with Crippen LogP contribution in [0.25, 0.3) is 0 Å². The molecule has 21 heavy (non-hydrogen) atoms. The van der Waals surface area contributed by atoms with Crippen molar-refractivity contribution in [2.24, 2.45) is 0 Å². The van der Waals surface area contributed by atoms with Crippen molar-refractivity contribution in [3.8, 4) is 0 Å². The zero-order chi connectivity index (χ0) is 15.3. The number of hydrogen-bond donors (Lipinski definition) is 1. The molecule has 1 atom stereocenters. The Labute approximate surface area is 122 Å². The van der Waals surface area contributed by atoms with Gasteiger partial charge in [-0.2, -0.15) is 13.2 Å². The summed E-state index contributed by atoms with van der Waals surface area (Å²) < 4.78 is 43.1. The molecule has 1 aromatic heterocycles. The quantitative estimate of drug-likeness (QED) is 0.854. The lowest BCUT2D eigenvalue weighted by molar-refractivity contribution is -0.137. The Hall–Kier alpha value is -1.75. The van der Waals surface area contributed by atoms with Crippen molar-refractivity contribution in [1.82, 2.24) is 5.32 Å².